The Labute approximate surface area is 112 Å². The molecule has 0 fully saturated rings. The Hall–Kier alpha value is -1.55. The van der Waals surface area contributed by atoms with E-state index in [0.29, 0.717) is 24.5 Å². The van der Waals surface area contributed by atoms with Gasteiger partial charge in [0.15, 0.2) is 5.78 Å². The third kappa shape index (κ3) is 5.19. The lowest BCUT2D eigenvalue weighted by molar-refractivity contribution is 0.0983. The predicted octanol–water partition coefficient (Wildman–Crippen LogP) is 2.11. The average Bonchev–Trinajstić information content (AvgIpc) is 2.37. The molecule has 0 aliphatic heterocycles. The highest BCUT2D eigenvalue weighted by Crippen LogP contribution is 2.05. The van der Waals surface area contributed by atoms with E-state index in [2.05, 4.69) is 10.6 Å². The molecule has 0 radical (unpaired) electrons. The number of alkyl halides is 1. The van der Waals surface area contributed by atoms with Gasteiger partial charge in [0.1, 0.15) is 0 Å². The van der Waals surface area contributed by atoms with Crippen LogP contribution in [0.3, 0.4) is 0 Å². The highest BCUT2D eigenvalue weighted by Gasteiger charge is 2.06. The van der Waals surface area contributed by atoms with Gasteiger partial charge in [0.25, 0.3) is 0 Å². The van der Waals surface area contributed by atoms with Gasteiger partial charge in [-0.25, -0.2) is 4.79 Å². The first-order valence-corrected chi connectivity index (χ1v) is 6.34. The van der Waals surface area contributed by atoms with E-state index in [1.165, 1.54) is 0 Å². The highest BCUT2D eigenvalue weighted by atomic mass is 35.5. The average molecular weight is 269 g/mol. The second kappa shape index (κ2) is 7.71. The van der Waals surface area contributed by atoms with Crippen molar-refractivity contribution in [1.82, 2.24) is 10.6 Å². The number of ketones is 1. The minimum atomic E-state index is -0.299. The maximum absolute atomic E-state index is 11.8. The molecule has 4 nitrogen and oxygen atoms in total. The third-order valence-corrected chi connectivity index (χ3v) is 2.58. The Morgan fingerprint density at radius 1 is 1.11 bits per heavy atom. The summed E-state index contributed by atoms with van der Waals surface area (Å²) in [5.74, 6) is 0.392. The van der Waals surface area contributed by atoms with Gasteiger partial charge in [0, 0.05) is 31.0 Å². The second-order valence-electron chi connectivity index (χ2n) is 3.91. The van der Waals surface area contributed by atoms with Crippen molar-refractivity contribution in [2.45, 2.75) is 13.3 Å². The second-order valence-corrected chi connectivity index (χ2v) is 4.29. The lowest BCUT2D eigenvalue weighted by Crippen LogP contribution is -2.37. The molecule has 0 aliphatic rings. The summed E-state index contributed by atoms with van der Waals surface area (Å²) in [5.41, 5.74) is 1.79. The number of halogens is 1. The van der Waals surface area contributed by atoms with Gasteiger partial charge in [-0.1, -0.05) is 29.8 Å². The molecule has 2 N–H and O–H groups in total. The molecule has 0 spiro atoms. The number of carbonyl (C=O) groups excluding carboxylic acids is 2. The van der Waals surface area contributed by atoms with Gasteiger partial charge in [-0.3, -0.25) is 4.79 Å². The number of urea groups is 1. The number of rotatable bonds is 6. The molecular weight excluding hydrogens is 252 g/mol. The van der Waals surface area contributed by atoms with Crippen LogP contribution in [-0.4, -0.2) is 30.8 Å². The number of hydrogen-bond acceptors (Lipinski definition) is 2. The topological polar surface area (TPSA) is 58.2 Å². The third-order valence-electron chi connectivity index (χ3n) is 2.39. The van der Waals surface area contributed by atoms with Crippen LogP contribution in [0, 0.1) is 6.92 Å². The van der Waals surface area contributed by atoms with Crippen LogP contribution in [0.4, 0.5) is 4.79 Å². The molecule has 0 aliphatic carbocycles. The lowest BCUT2D eigenvalue weighted by atomic mass is 10.1. The van der Waals surface area contributed by atoms with Gasteiger partial charge in [0.2, 0.25) is 0 Å². The first-order valence-electron chi connectivity index (χ1n) is 5.81. The van der Waals surface area contributed by atoms with Gasteiger partial charge in [-0.05, 0) is 6.92 Å². The maximum atomic E-state index is 11.8. The number of amides is 2. The maximum Gasteiger partial charge on any atom is 0.314 e. The number of nitrogens with one attached hydrogen (secondary N) is 2. The standard InChI is InChI=1S/C13H17ClN2O2/c1-10-2-4-11(5-3-10)12(17)6-8-15-13(18)16-9-7-14/h2-5H,6-9H2,1H3,(H2,15,16,18). The van der Waals surface area contributed by atoms with Crippen LogP contribution in [0.15, 0.2) is 24.3 Å². The molecule has 0 unspecified atom stereocenters. The molecule has 0 atom stereocenters. The number of aryl methyl sites for hydroxylation is 1. The molecule has 0 bridgehead atoms. The lowest BCUT2D eigenvalue weighted by Gasteiger charge is -2.06. The molecule has 0 saturated heterocycles. The van der Waals surface area contributed by atoms with Crippen molar-refractivity contribution in [3.63, 3.8) is 0 Å². The van der Waals surface area contributed by atoms with Crippen molar-refractivity contribution in [3.8, 4) is 0 Å². The molecule has 0 saturated carbocycles. The van der Waals surface area contributed by atoms with E-state index >= 15 is 0 Å². The fraction of sp³-hybridized carbons (Fsp3) is 0.385. The molecule has 1 aromatic rings. The van der Waals surface area contributed by atoms with E-state index in [-0.39, 0.29) is 18.2 Å². The van der Waals surface area contributed by atoms with Crippen LogP contribution in [0.2, 0.25) is 0 Å². The Morgan fingerprint density at radius 3 is 2.33 bits per heavy atom. The van der Waals surface area contributed by atoms with Gasteiger partial charge in [-0.2, -0.15) is 0 Å². The van der Waals surface area contributed by atoms with Crippen molar-refractivity contribution < 1.29 is 9.59 Å². The van der Waals surface area contributed by atoms with Crippen molar-refractivity contribution in [3.05, 3.63) is 35.4 Å². The van der Waals surface area contributed by atoms with Crippen LogP contribution in [-0.2, 0) is 0 Å². The van der Waals surface area contributed by atoms with Crippen LogP contribution < -0.4 is 10.6 Å². The number of hydrogen-bond donors (Lipinski definition) is 2. The first-order chi connectivity index (χ1) is 8.63. The Bertz CT molecular complexity index is 404. The SMILES string of the molecule is Cc1ccc(C(=O)CCNC(=O)NCCCl)cc1. The highest BCUT2D eigenvalue weighted by molar-refractivity contribution is 6.18. The summed E-state index contributed by atoms with van der Waals surface area (Å²) in [4.78, 5) is 22.9. The molecule has 1 aromatic carbocycles. The Balaban J connectivity index is 2.29. The van der Waals surface area contributed by atoms with E-state index < -0.39 is 0 Å². The summed E-state index contributed by atoms with van der Waals surface area (Å²) >= 11 is 5.43. The molecule has 18 heavy (non-hydrogen) atoms. The molecule has 98 valence electrons. The predicted molar refractivity (Wildman–Crippen MR) is 72.2 cm³/mol. The minimum absolute atomic E-state index is 0.0210. The van der Waals surface area contributed by atoms with Crippen LogP contribution in [0.1, 0.15) is 22.3 Å². The van der Waals surface area contributed by atoms with Crippen molar-refractivity contribution in [2.75, 3.05) is 19.0 Å². The van der Waals surface area contributed by atoms with Gasteiger partial charge >= 0.3 is 6.03 Å². The molecule has 2 amide bonds. The number of Topliss-reactive ketones (excluding diaryl/α,β-unsaturated/α-hetero) is 1. The van der Waals surface area contributed by atoms with Gasteiger partial charge < -0.3 is 10.6 Å². The van der Waals surface area contributed by atoms with Gasteiger partial charge in [-0.15, -0.1) is 11.6 Å². The Kier molecular flexibility index (Phi) is 6.22. The van der Waals surface area contributed by atoms with Gasteiger partial charge in [0.05, 0.1) is 0 Å². The number of carbonyl (C=O) groups is 2. The summed E-state index contributed by atoms with van der Waals surface area (Å²) in [6.45, 7) is 2.71. The van der Waals surface area contributed by atoms with Crippen molar-refractivity contribution in [1.29, 1.82) is 0 Å². The first kappa shape index (κ1) is 14.5. The van der Waals surface area contributed by atoms with Crippen LogP contribution >= 0.6 is 11.6 Å². The van der Waals surface area contributed by atoms with Crippen LogP contribution in [0.25, 0.3) is 0 Å². The summed E-state index contributed by atoms with van der Waals surface area (Å²) in [6, 6.07) is 7.09. The summed E-state index contributed by atoms with van der Waals surface area (Å²) in [5, 5.41) is 5.16. The summed E-state index contributed by atoms with van der Waals surface area (Å²) in [7, 11) is 0. The van der Waals surface area contributed by atoms with E-state index in [4.69, 9.17) is 11.6 Å². The summed E-state index contributed by atoms with van der Waals surface area (Å²) in [6.07, 6.45) is 0.289. The summed E-state index contributed by atoms with van der Waals surface area (Å²) < 4.78 is 0. The monoisotopic (exact) mass is 268 g/mol. The molecule has 5 heteroatoms. The van der Waals surface area contributed by atoms with E-state index in [1.54, 1.807) is 12.1 Å². The normalized spacial score (nSPS) is 9.89. The zero-order valence-corrected chi connectivity index (χ0v) is 11.1. The zero-order valence-electron chi connectivity index (χ0n) is 10.3. The van der Waals surface area contributed by atoms with Crippen LogP contribution in [0.5, 0.6) is 0 Å². The van der Waals surface area contributed by atoms with Crippen molar-refractivity contribution >= 4 is 23.4 Å². The smallest absolute Gasteiger partial charge is 0.314 e. The zero-order chi connectivity index (χ0) is 13.4. The van der Waals surface area contributed by atoms with E-state index in [0.717, 1.165) is 5.56 Å². The van der Waals surface area contributed by atoms with E-state index in [9.17, 15) is 9.59 Å². The largest absolute Gasteiger partial charge is 0.338 e. The fourth-order valence-corrected chi connectivity index (χ4v) is 1.49. The fourth-order valence-electron chi connectivity index (χ4n) is 1.40. The Morgan fingerprint density at radius 2 is 1.72 bits per heavy atom. The molecule has 1 rings (SSSR count). The molecular formula is C13H17ClN2O2. The number of benzene rings is 1. The van der Waals surface area contributed by atoms with Crippen molar-refractivity contribution in [2.24, 2.45) is 0 Å². The van der Waals surface area contributed by atoms with E-state index in [1.807, 2.05) is 19.1 Å². The molecule has 0 heterocycles. The molecule has 0 aromatic heterocycles. The quantitative estimate of drug-likeness (QED) is 0.613. The minimum Gasteiger partial charge on any atom is -0.338 e.